The molecule has 1 radical (unpaired) electrons. The lowest BCUT2D eigenvalue weighted by atomic mass is 10.6. The smallest absolute Gasteiger partial charge is 0.152 e. The molecular formula is C3H7BBrIP. The minimum Gasteiger partial charge on any atom is -0.152 e. The highest BCUT2D eigenvalue weighted by molar-refractivity contribution is 14.1. The van der Waals surface area contributed by atoms with Crippen molar-refractivity contribution in [2.75, 3.05) is 11.5 Å². The third kappa shape index (κ3) is 7.70. The highest BCUT2D eigenvalue weighted by atomic mass is 127. The van der Waals surface area contributed by atoms with Gasteiger partial charge in [-0.3, -0.25) is 0 Å². The summed E-state index contributed by atoms with van der Waals surface area (Å²) in [4.78, 5) is 2.21. The highest BCUT2D eigenvalue weighted by Gasteiger charge is 1.83. The van der Waals surface area contributed by atoms with E-state index in [2.05, 4.69) is 43.2 Å². The van der Waals surface area contributed by atoms with Crippen molar-refractivity contribution in [1.29, 1.82) is 0 Å². The molecule has 0 saturated carbocycles. The molecule has 0 aromatic heterocycles. The average Bonchev–Trinajstić information content (AvgIpc) is 1.69. The zero-order valence-electron chi connectivity index (χ0n) is 3.95. The maximum atomic E-state index is 3.37. The summed E-state index contributed by atoms with van der Waals surface area (Å²) in [6, 6.07) is 0. The third-order valence-corrected chi connectivity index (χ3v) is 3.21. The predicted octanol–water partition coefficient (Wildman–Crippen LogP) is 2.42. The SMILES string of the molecule is BrCCCP[B]I. The Balaban J connectivity index is 2.45. The van der Waals surface area contributed by atoms with E-state index in [0.717, 1.165) is 13.8 Å². The summed E-state index contributed by atoms with van der Waals surface area (Å²) in [5, 5.41) is 1.16. The van der Waals surface area contributed by atoms with Gasteiger partial charge in [-0.15, -0.1) is 8.46 Å². The molecule has 41 valence electrons. The number of halogens is 2. The van der Waals surface area contributed by atoms with E-state index in [1.807, 2.05) is 0 Å². The summed E-state index contributed by atoms with van der Waals surface area (Å²) in [7, 11) is 1.05. The molecule has 0 aliphatic heterocycles. The third-order valence-electron chi connectivity index (χ3n) is 0.532. The van der Waals surface area contributed by atoms with Gasteiger partial charge in [-0.25, -0.2) is 0 Å². The van der Waals surface area contributed by atoms with Gasteiger partial charge in [0.2, 0.25) is 4.86 Å². The van der Waals surface area contributed by atoms with Gasteiger partial charge in [0.05, 0.1) is 0 Å². The second kappa shape index (κ2) is 7.70. The minimum absolute atomic E-state index is 1.05. The topological polar surface area (TPSA) is 0 Å². The Kier molecular flexibility index (Phi) is 9.58. The molecule has 0 bridgehead atoms. The van der Waals surface area contributed by atoms with Gasteiger partial charge in [0.1, 0.15) is 0 Å². The zero-order chi connectivity index (χ0) is 5.54. The molecule has 7 heavy (non-hydrogen) atoms. The number of rotatable bonds is 4. The molecule has 0 nitrogen and oxygen atoms in total. The van der Waals surface area contributed by atoms with Crippen molar-refractivity contribution in [2.24, 2.45) is 0 Å². The first-order valence-corrected chi connectivity index (χ1v) is 5.78. The van der Waals surface area contributed by atoms with Crippen LogP contribution in [-0.2, 0) is 0 Å². The Bertz CT molecular complexity index is 34.1. The predicted molar refractivity (Wildman–Crippen MR) is 51.4 cm³/mol. The van der Waals surface area contributed by atoms with Crippen molar-refractivity contribution in [2.45, 2.75) is 6.42 Å². The van der Waals surface area contributed by atoms with Crippen molar-refractivity contribution >= 4 is 51.6 Å². The van der Waals surface area contributed by atoms with E-state index in [-0.39, 0.29) is 0 Å². The molecule has 0 aliphatic rings. The summed E-state index contributed by atoms with van der Waals surface area (Å²) in [6.07, 6.45) is 2.67. The molecule has 0 aliphatic carbocycles. The van der Waals surface area contributed by atoms with Gasteiger partial charge >= 0.3 is 0 Å². The van der Waals surface area contributed by atoms with Gasteiger partial charge in [0.15, 0.2) is 0 Å². The molecule has 1 unspecified atom stereocenters. The van der Waals surface area contributed by atoms with Crippen LogP contribution in [0.5, 0.6) is 0 Å². The van der Waals surface area contributed by atoms with Gasteiger partial charge in [0.25, 0.3) is 0 Å². The van der Waals surface area contributed by atoms with Crippen LogP contribution in [0.3, 0.4) is 0 Å². The molecule has 4 heteroatoms. The highest BCUT2D eigenvalue weighted by Crippen LogP contribution is 2.11. The van der Waals surface area contributed by atoms with Crippen molar-refractivity contribution in [3.8, 4) is 0 Å². The molecule has 0 saturated heterocycles. The van der Waals surface area contributed by atoms with E-state index in [9.17, 15) is 0 Å². The average molecular weight is 292 g/mol. The Morgan fingerprint density at radius 3 is 2.86 bits per heavy atom. The summed E-state index contributed by atoms with van der Waals surface area (Å²) in [5.74, 6) is 0. The van der Waals surface area contributed by atoms with Gasteiger partial charge in [0, 0.05) is 5.33 Å². The van der Waals surface area contributed by atoms with Crippen LogP contribution in [0.1, 0.15) is 6.42 Å². The second-order valence-electron chi connectivity index (χ2n) is 1.11. The van der Waals surface area contributed by atoms with Gasteiger partial charge in [-0.1, -0.05) is 15.9 Å². The van der Waals surface area contributed by atoms with Crippen molar-refractivity contribution < 1.29 is 0 Å². The van der Waals surface area contributed by atoms with Gasteiger partial charge in [-0.2, -0.15) is 22.4 Å². The minimum atomic E-state index is 1.05. The van der Waals surface area contributed by atoms with Crippen LogP contribution in [0.2, 0.25) is 0 Å². The monoisotopic (exact) mass is 291 g/mol. The first-order valence-electron chi connectivity index (χ1n) is 2.13. The molecule has 0 heterocycles. The van der Waals surface area contributed by atoms with E-state index < -0.39 is 0 Å². The Morgan fingerprint density at radius 1 is 1.71 bits per heavy atom. The summed E-state index contributed by atoms with van der Waals surface area (Å²) in [6.45, 7) is 0. The summed E-state index contributed by atoms with van der Waals surface area (Å²) >= 11 is 5.67. The first-order chi connectivity index (χ1) is 3.41. The van der Waals surface area contributed by atoms with Crippen molar-refractivity contribution in [1.82, 2.24) is 0 Å². The molecule has 0 aromatic rings. The molecule has 0 aromatic carbocycles. The number of hydrogen-bond donors (Lipinski definition) is 0. The lowest BCUT2D eigenvalue weighted by molar-refractivity contribution is 1.14. The maximum Gasteiger partial charge on any atom is 0.230 e. The van der Waals surface area contributed by atoms with Gasteiger partial charge < -0.3 is 0 Å². The van der Waals surface area contributed by atoms with Crippen LogP contribution in [0, 0.1) is 0 Å². The standard InChI is InChI=1S/C3H7BBrIP/c5-2-1-3-7-4-6/h7H,1-3H2. The van der Waals surface area contributed by atoms with Crippen LogP contribution in [0.15, 0.2) is 0 Å². The molecule has 1 atom stereocenters. The summed E-state index contributed by atoms with van der Waals surface area (Å²) < 4.78 is 0. The van der Waals surface area contributed by atoms with E-state index in [1.165, 1.54) is 12.6 Å². The van der Waals surface area contributed by atoms with E-state index in [1.54, 1.807) is 0 Å². The fourth-order valence-corrected chi connectivity index (χ4v) is 2.45. The van der Waals surface area contributed by atoms with Crippen molar-refractivity contribution in [3.63, 3.8) is 0 Å². The lowest BCUT2D eigenvalue weighted by Crippen LogP contribution is -1.76. The van der Waals surface area contributed by atoms with E-state index in [4.69, 9.17) is 0 Å². The Morgan fingerprint density at radius 2 is 2.43 bits per heavy atom. The zero-order valence-corrected chi connectivity index (χ0v) is 8.70. The maximum absolute atomic E-state index is 3.37. The largest absolute Gasteiger partial charge is 0.230 e. The van der Waals surface area contributed by atoms with Crippen LogP contribution < -0.4 is 0 Å². The lowest BCUT2D eigenvalue weighted by Gasteiger charge is -1.88. The molecule has 0 fully saturated rings. The van der Waals surface area contributed by atoms with Crippen LogP contribution in [0.4, 0.5) is 0 Å². The van der Waals surface area contributed by atoms with Crippen molar-refractivity contribution in [3.05, 3.63) is 0 Å². The summed E-state index contributed by atoms with van der Waals surface area (Å²) in [5.41, 5.74) is 0. The van der Waals surface area contributed by atoms with Crippen LogP contribution in [-0.4, -0.2) is 16.3 Å². The number of alkyl halides is 1. The molecule has 0 spiro atoms. The van der Waals surface area contributed by atoms with Crippen LogP contribution in [0.25, 0.3) is 0 Å². The number of hydrogen-bond acceptors (Lipinski definition) is 0. The van der Waals surface area contributed by atoms with Crippen LogP contribution >= 0.6 is 46.8 Å². The molecule has 0 N–H and O–H groups in total. The first kappa shape index (κ1) is 8.70. The van der Waals surface area contributed by atoms with Gasteiger partial charge in [-0.05, 0) is 12.6 Å². The fraction of sp³-hybridized carbons (Fsp3) is 1.00. The normalized spacial score (nSPS) is 10.6. The van der Waals surface area contributed by atoms with E-state index >= 15 is 0 Å². The second-order valence-corrected chi connectivity index (χ2v) is 4.89. The molecule has 0 amide bonds. The quantitative estimate of drug-likeness (QED) is 0.245. The molecule has 0 rings (SSSR count). The molecular weight excluding hydrogens is 285 g/mol. The Labute approximate surface area is 69.2 Å². The Hall–Kier alpha value is 1.70. The fourth-order valence-electron chi connectivity index (χ4n) is 0.223. The van der Waals surface area contributed by atoms with E-state index in [0.29, 0.717) is 0 Å².